The molecule has 0 aliphatic rings. The van der Waals surface area contributed by atoms with Gasteiger partial charge in [0, 0.05) is 6.54 Å². The second kappa shape index (κ2) is 9.39. The van der Waals surface area contributed by atoms with E-state index in [4.69, 9.17) is 14.2 Å². The molecule has 0 fully saturated rings. The van der Waals surface area contributed by atoms with Crippen molar-refractivity contribution in [3.63, 3.8) is 0 Å². The molecule has 0 aliphatic carbocycles. The second-order valence-electron chi connectivity index (χ2n) is 4.95. The summed E-state index contributed by atoms with van der Waals surface area (Å²) in [6.45, 7) is 0.813. The van der Waals surface area contributed by atoms with E-state index >= 15 is 0 Å². The largest absolute Gasteiger partial charge is 0.494 e. The Morgan fingerprint density at radius 2 is 1.75 bits per heavy atom. The summed E-state index contributed by atoms with van der Waals surface area (Å²) in [5.74, 6) is 1.18. The van der Waals surface area contributed by atoms with Gasteiger partial charge in [-0.05, 0) is 42.8 Å². The van der Waals surface area contributed by atoms with Gasteiger partial charge in [0.1, 0.15) is 11.6 Å². The van der Waals surface area contributed by atoms with E-state index in [-0.39, 0.29) is 18.3 Å². The van der Waals surface area contributed by atoms with Crippen molar-refractivity contribution >= 4 is 5.91 Å². The lowest BCUT2D eigenvalue weighted by Crippen LogP contribution is -2.30. The van der Waals surface area contributed by atoms with Gasteiger partial charge < -0.3 is 19.5 Å². The lowest BCUT2D eigenvalue weighted by Gasteiger charge is -2.10. The first-order chi connectivity index (χ1) is 11.7. The molecule has 24 heavy (non-hydrogen) atoms. The lowest BCUT2D eigenvalue weighted by atomic mass is 10.3. The molecular formula is C18H20FNO4. The number of carbonyl (C=O) groups is 1. The summed E-state index contributed by atoms with van der Waals surface area (Å²) in [6, 6.07) is 12.9. The zero-order valence-corrected chi connectivity index (χ0v) is 13.5. The van der Waals surface area contributed by atoms with E-state index in [0.29, 0.717) is 36.8 Å². The fourth-order valence-corrected chi connectivity index (χ4v) is 1.95. The van der Waals surface area contributed by atoms with Gasteiger partial charge in [-0.2, -0.15) is 0 Å². The van der Waals surface area contributed by atoms with E-state index in [9.17, 15) is 9.18 Å². The van der Waals surface area contributed by atoms with E-state index < -0.39 is 0 Å². The van der Waals surface area contributed by atoms with Crippen molar-refractivity contribution in [3.8, 4) is 17.2 Å². The van der Waals surface area contributed by atoms with Gasteiger partial charge >= 0.3 is 0 Å². The molecule has 0 saturated heterocycles. The molecule has 0 saturated carbocycles. The monoisotopic (exact) mass is 333 g/mol. The number of halogens is 1. The van der Waals surface area contributed by atoms with Gasteiger partial charge in [-0.15, -0.1) is 0 Å². The highest BCUT2D eigenvalue weighted by molar-refractivity contribution is 5.77. The molecule has 2 aromatic carbocycles. The third kappa shape index (κ3) is 5.79. The van der Waals surface area contributed by atoms with Gasteiger partial charge in [0.2, 0.25) is 0 Å². The zero-order chi connectivity index (χ0) is 17.2. The summed E-state index contributed by atoms with van der Waals surface area (Å²) in [5.41, 5.74) is 0. The van der Waals surface area contributed by atoms with Gasteiger partial charge in [0.05, 0.1) is 13.7 Å². The average molecular weight is 333 g/mol. The highest BCUT2D eigenvalue weighted by Gasteiger charge is 2.06. The molecule has 0 aliphatic heterocycles. The normalized spacial score (nSPS) is 10.1. The maximum absolute atomic E-state index is 12.7. The number of amides is 1. The Balaban J connectivity index is 1.60. The molecule has 6 heteroatoms. The Labute approximate surface area is 140 Å². The minimum absolute atomic E-state index is 0.0841. The summed E-state index contributed by atoms with van der Waals surface area (Å²) in [4.78, 5) is 11.7. The molecule has 0 unspecified atom stereocenters. The molecule has 0 aromatic heterocycles. The maximum atomic E-state index is 12.7. The number of benzene rings is 2. The van der Waals surface area contributed by atoms with Gasteiger partial charge in [-0.25, -0.2) is 4.39 Å². The predicted molar refractivity (Wildman–Crippen MR) is 88.0 cm³/mol. The lowest BCUT2D eigenvalue weighted by molar-refractivity contribution is -0.123. The molecule has 1 N–H and O–H groups in total. The molecule has 128 valence electrons. The van der Waals surface area contributed by atoms with Crippen LogP contribution in [0.1, 0.15) is 6.42 Å². The Hall–Kier alpha value is -2.76. The third-order valence-corrected chi connectivity index (χ3v) is 3.15. The van der Waals surface area contributed by atoms with E-state index in [0.717, 1.165) is 0 Å². The molecule has 2 aromatic rings. The van der Waals surface area contributed by atoms with Crippen LogP contribution in [0.3, 0.4) is 0 Å². The van der Waals surface area contributed by atoms with Crippen molar-refractivity contribution in [1.29, 1.82) is 0 Å². The number of ether oxygens (including phenoxy) is 3. The number of nitrogens with one attached hydrogen (secondary N) is 1. The molecule has 0 bridgehead atoms. The fraction of sp³-hybridized carbons (Fsp3) is 0.278. The predicted octanol–water partition coefficient (Wildman–Crippen LogP) is 2.80. The third-order valence-electron chi connectivity index (χ3n) is 3.15. The minimum atomic E-state index is -0.301. The maximum Gasteiger partial charge on any atom is 0.257 e. The average Bonchev–Trinajstić information content (AvgIpc) is 2.61. The van der Waals surface area contributed by atoms with Crippen LogP contribution in [0.5, 0.6) is 17.2 Å². The van der Waals surface area contributed by atoms with E-state index in [2.05, 4.69) is 5.32 Å². The van der Waals surface area contributed by atoms with E-state index in [1.807, 2.05) is 12.1 Å². The van der Waals surface area contributed by atoms with Gasteiger partial charge in [-0.1, -0.05) is 12.1 Å². The number of carbonyl (C=O) groups excluding carboxylic acids is 1. The van der Waals surface area contributed by atoms with Crippen molar-refractivity contribution in [2.45, 2.75) is 6.42 Å². The van der Waals surface area contributed by atoms with Crippen LogP contribution in [0.15, 0.2) is 48.5 Å². The van der Waals surface area contributed by atoms with Gasteiger partial charge in [-0.3, -0.25) is 4.79 Å². The Kier molecular flexibility index (Phi) is 6.89. The van der Waals surface area contributed by atoms with Crippen molar-refractivity contribution in [2.75, 3.05) is 26.9 Å². The summed E-state index contributed by atoms with van der Waals surface area (Å²) in [6.07, 6.45) is 0.637. The molecule has 0 spiro atoms. The summed E-state index contributed by atoms with van der Waals surface area (Å²) in [7, 11) is 1.55. The first kappa shape index (κ1) is 17.6. The van der Waals surface area contributed by atoms with Crippen LogP contribution >= 0.6 is 0 Å². The Morgan fingerprint density at radius 3 is 2.46 bits per heavy atom. The second-order valence-corrected chi connectivity index (χ2v) is 4.95. The van der Waals surface area contributed by atoms with Crippen LogP contribution in [-0.4, -0.2) is 32.8 Å². The first-order valence-electron chi connectivity index (χ1n) is 7.60. The molecule has 2 rings (SSSR count). The standard InChI is InChI=1S/C18H20FNO4/c1-22-16-5-2-3-6-17(16)24-13-18(21)20-11-4-12-23-15-9-7-14(19)8-10-15/h2-3,5-10H,4,11-13H2,1H3,(H,20,21). The van der Waals surface area contributed by atoms with Crippen LogP contribution in [-0.2, 0) is 4.79 Å². The molecule has 0 atom stereocenters. The van der Waals surface area contributed by atoms with E-state index in [1.165, 1.54) is 12.1 Å². The summed E-state index contributed by atoms with van der Waals surface area (Å²) < 4.78 is 28.7. The van der Waals surface area contributed by atoms with Crippen molar-refractivity contribution < 1.29 is 23.4 Å². The Morgan fingerprint density at radius 1 is 1.04 bits per heavy atom. The quantitative estimate of drug-likeness (QED) is 0.717. The number of rotatable bonds is 9. The van der Waals surface area contributed by atoms with Crippen molar-refractivity contribution in [2.24, 2.45) is 0 Å². The number of hydrogen-bond acceptors (Lipinski definition) is 4. The molecule has 0 heterocycles. The molecule has 5 nitrogen and oxygen atoms in total. The molecular weight excluding hydrogens is 313 g/mol. The van der Waals surface area contributed by atoms with Crippen LogP contribution in [0.2, 0.25) is 0 Å². The number of para-hydroxylation sites is 2. The van der Waals surface area contributed by atoms with Crippen LogP contribution in [0.4, 0.5) is 4.39 Å². The van der Waals surface area contributed by atoms with Crippen LogP contribution < -0.4 is 19.5 Å². The Bertz CT molecular complexity index is 646. The highest BCUT2D eigenvalue weighted by atomic mass is 19.1. The topological polar surface area (TPSA) is 56.8 Å². The summed E-state index contributed by atoms with van der Waals surface area (Å²) >= 11 is 0. The van der Waals surface area contributed by atoms with Crippen molar-refractivity contribution in [1.82, 2.24) is 5.32 Å². The smallest absolute Gasteiger partial charge is 0.257 e. The zero-order valence-electron chi connectivity index (χ0n) is 13.5. The fourth-order valence-electron chi connectivity index (χ4n) is 1.95. The number of methoxy groups -OCH3 is 1. The summed E-state index contributed by atoms with van der Waals surface area (Å²) in [5, 5.41) is 2.74. The van der Waals surface area contributed by atoms with Crippen LogP contribution in [0, 0.1) is 5.82 Å². The van der Waals surface area contributed by atoms with Crippen LogP contribution in [0.25, 0.3) is 0 Å². The molecule has 0 radical (unpaired) electrons. The van der Waals surface area contributed by atoms with E-state index in [1.54, 1.807) is 31.4 Å². The minimum Gasteiger partial charge on any atom is -0.494 e. The SMILES string of the molecule is COc1ccccc1OCC(=O)NCCCOc1ccc(F)cc1. The number of hydrogen-bond donors (Lipinski definition) is 1. The van der Waals surface area contributed by atoms with Crippen molar-refractivity contribution in [3.05, 3.63) is 54.3 Å². The van der Waals surface area contributed by atoms with Gasteiger partial charge in [0.25, 0.3) is 5.91 Å². The molecule has 1 amide bonds. The van der Waals surface area contributed by atoms with Gasteiger partial charge in [0.15, 0.2) is 18.1 Å². The first-order valence-corrected chi connectivity index (χ1v) is 7.60. The highest BCUT2D eigenvalue weighted by Crippen LogP contribution is 2.25.